The lowest BCUT2D eigenvalue weighted by Crippen LogP contribution is -2.45. The Morgan fingerprint density at radius 3 is 2.54 bits per heavy atom. The monoisotopic (exact) mass is 349 g/mol. The summed E-state index contributed by atoms with van der Waals surface area (Å²) < 4.78 is 5.57. The number of para-hydroxylation sites is 2. The molecule has 1 aliphatic heterocycles. The summed E-state index contributed by atoms with van der Waals surface area (Å²) in [4.78, 5) is 14.3. The van der Waals surface area contributed by atoms with E-state index in [-0.39, 0.29) is 11.9 Å². The van der Waals surface area contributed by atoms with E-state index in [0.717, 1.165) is 37.4 Å². The maximum Gasteiger partial charge on any atom is 0.223 e. The van der Waals surface area contributed by atoms with Gasteiger partial charge in [-0.05, 0) is 37.1 Å². The van der Waals surface area contributed by atoms with Gasteiger partial charge in [0, 0.05) is 19.1 Å². The second kappa shape index (κ2) is 8.91. The predicted octanol–water partition coefficient (Wildman–Crippen LogP) is 3.11. The van der Waals surface area contributed by atoms with E-state index in [1.807, 2.05) is 54.6 Å². The summed E-state index contributed by atoms with van der Waals surface area (Å²) >= 11 is 0. The molecule has 5 heteroatoms. The van der Waals surface area contributed by atoms with Crippen LogP contribution in [0.15, 0.2) is 54.6 Å². The van der Waals surface area contributed by atoms with Gasteiger partial charge < -0.3 is 15.0 Å². The van der Waals surface area contributed by atoms with Crippen molar-refractivity contribution in [1.29, 1.82) is 5.26 Å². The average Bonchev–Trinajstić information content (AvgIpc) is 2.69. The third kappa shape index (κ3) is 4.76. The highest BCUT2D eigenvalue weighted by Crippen LogP contribution is 2.23. The Bertz CT molecular complexity index is 762. The lowest BCUT2D eigenvalue weighted by atomic mass is 10.0. The molecule has 0 unspecified atom stereocenters. The highest BCUT2D eigenvalue weighted by molar-refractivity contribution is 5.76. The zero-order valence-corrected chi connectivity index (χ0v) is 14.7. The molecule has 2 aromatic carbocycles. The number of carbonyl (C=O) groups excluding carboxylic acids is 1. The van der Waals surface area contributed by atoms with Gasteiger partial charge in [-0.25, -0.2) is 0 Å². The fourth-order valence-corrected chi connectivity index (χ4v) is 3.19. The molecule has 0 aliphatic carbocycles. The quantitative estimate of drug-likeness (QED) is 0.870. The number of piperidine rings is 1. The molecular weight excluding hydrogens is 326 g/mol. The summed E-state index contributed by atoms with van der Waals surface area (Å²) in [5.41, 5.74) is 1.68. The topological polar surface area (TPSA) is 65.4 Å². The van der Waals surface area contributed by atoms with Crippen molar-refractivity contribution in [2.45, 2.75) is 25.3 Å². The van der Waals surface area contributed by atoms with Crippen molar-refractivity contribution < 1.29 is 9.53 Å². The Morgan fingerprint density at radius 1 is 1.12 bits per heavy atom. The normalized spacial score (nSPS) is 14.5. The van der Waals surface area contributed by atoms with Crippen molar-refractivity contribution in [3.63, 3.8) is 0 Å². The second-order valence-corrected chi connectivity index (χ2v) is 6.37. The van der Waals surface area contributed by atoms with Crippen molar-refractivity contribution in [1.82, 2.24) is 5.32 Å². The van der Waals surface area contributed by atoms with Crippen LogP contribution in [0.4, 0.5) is 5.69 Å². The molecule has 0 aromatic heterocycles. The molecule has 26 heavy (non-hydrogen) atoms. The zero-order chi connectivity index (χ0) is 18.2. The van der Waals surface area contributed by atoms with Crippen LogP contribution in [0.3, 0.4) is 0 Å². The lowest BCUT2D eigenvalue weighted by molar-refractivity contribution is -0.122. The van der Waals surface area contributed by atoms with Crippen molar-refractivity contribution in [3.8, 4) is 11.8 Å². The van der Waals surface area contributed by atoms with Crippen LogP contribution in [-0.4, -0.2) is 31.6 Å². The molecule has 3 rings (SSSR count). The number of hydrogen-bond acceptors (Lipinski definition) is 4. The van der Waals surface area contributed by atoms with Gasteiger partial charge in [0.2, 0.25) is 5.91 Å². The lowest BCUT2D eigenvalue weighted by Gasteiger charge is -2.34. The molecule has 0 spiro atoms. The second-order valence-electron chi connectivity index (χ2n) is 6.37. The Labute approximate surface area is 154 Å². The summed E-state index contributed by atoms with van der Waals surface area (Å²) in [6.45, 7) is 2.05. The van der Waals surface area contributed by atoms with Gasteiger partial charge in [0.05, 0.1) is 24.3 Å². The number of nitrogens with zero attached hydrogens (tertiary/aromatic N) is 2. The third-order valence-electron chi connectivity index (χ3n) is 4.57. The number of nitrogens with one attached hydrogen (secondary N) is 1. The Balaban J connectivity index is 1.41. The molecule has 5 nitrogen and oxygen atoms in total. The Hall–Kier alpha value is -3.00. The van der Waals surface area contributed by atoms with E-state index in [1.54, 1.807) is 0 Å². The molecule has 1 aliphatic rings. The number of anilines is 1. The van der Waals surface area contributed by atoms with E-state index in [4.69, 9.17) is 4.74 Å². The number of amides is 1. The minimum Gasteiger partial charge on any atom is -0.493 e. The van der Waals surface area contributed by atoms with Crippen LogP contribution in [0.1, 0.15) is 24.8 Å². The Morgan fingerprint density at radius 2 is 1.81 bits per heavy atom. The summed E-state index contributed by atoms with van der Waals surface area (Å²) in [6, 6.07) is 19.6. The summed E-state index contributed by atoms with van der Waals surface area (Å²) in [5, 5.41) is 12.3. The van der Waals surface area contributed by atoms with Gasteiger partial charge in [0.1, 0.15) is 11.8 Å². The number of benzene rings is 2. The van der Waals surface area contributed by atoms with Gasteiger partial charge in [0.15, 0.2) is 0 Å². The fraction of sp³-hybridized carbons (Fsp3) is 0.333. The molecule has 0 bridgehead atoms. The highest BCUT2D eigenvalue weighted by Gasteiger charge is 2.22. The fourth-order valence-electron chi connectivity index (χ4n) is 3.19. The van der Waals surface area contributed by atoms with Gasteiger partial charge in [-0.2, -0.15) is 5.26 Å². The number of rotatable bonds is 6. The van der Waals surface area contributed by atoms with Crippen LogP contribution < -0.4 is 15.0 Å². The van der Waals surface area contributed by atoms with Gasteiger partial charge in [-0.15, -0.1) is 0 Å². The van der Waals surface area contributed by atoms with Crippen LogP contribution >= 0.6 is 0 Å². The number of nitriles is 1. The van der Waals surface area contributed by atoms with Gasteiger partial charge >= 0.3 is 0 Å². The number of ether oxygens (including phenoxy) is 1. The van der Waals surface area contributed by atoms with Gasteiger partial charge in [0.25, 0.3) is 0 Å². The van der Waals surface area contributed by atoms with Gasteiger partial charge in [-0.3, -0.25) is 4.79 Å². The molecule has 2 aromatic rings. The highest BCUT2D eigenvalue weighted by atomic mass is 16.5. The average molecular weight is 349 g/mol. The minimum absolute atomic E-state index is 0.0248. The molecule has 134 valence electrons. The van der Waals surface area contributed by atoms with Crippen molar-refractivity contribution >= 4 is 11.6 Å². The number of carbonyl (C=O) groups is 1. The van der Waals surface area contributed by atoms with Crippen molar-refractivity contribution in [3.05, 3.63) is 60.2 Å². The summed E-state index contributed by atoms with van der Waals surface area (Å²) in [7, 11) is 0. The molecule has 1 amide bonds. The minimum atomic E-state index is 0.0248. The predicted molar refractivity (Wildman–Crippen MR) is 101 cm³/mol. The summed E-state index contributed by atoms with van der Waals surface area (Å²) in [6.07, 6.45) is 2.11. The smallest absolute Gasteiger partial charge is 0.223 e. The first-order valence-corrected chi connectivity index (χ1v) is 8.97. The van der Waals surface area contributed by atoms with Crippen LogP contribution in [0, 0.1) is 11.3 Å². The largest absolute Gasteiger partial charge is 0.493 e. The van der Waals surface area contributed by atoms with E-state index in [9.17, 15) is 10.1 Å². The van der Waals surface area contributed by atoms with E-state index in [2.05, 4.69) is 16.3 Å². The molecule has 0 radical (unpaired) electrons. The van der Waals surface area contributed by atoms with Crippen LogP contribution in [0.25, 0.3) is 0 Å². The molecule has 0 atom stereocenters. The van der Waals surface area contributed by atoms with E-state index >= 15 is 0 Å². The maximum atomic E-state index is 12.1. The molecule has 1 heterocycles. The van der Waals surface area contributed by atoms with Crippen LogP contribution in [0.5, 0.6) is 5.75 Å². The maximum absolute atomic E-state index is 12.1. The molecule has 0 saturated carbocycles. The first-order valence-electron chi connectivity index (χ1n) is 8.97. The van der Waals surface area contributed by atoms with E-state index < -0.39 is 0 Å². The molecule has 1 N–H and O–H groups in total. The van der Waals surface area contributed by atoms with E-state index in [1.165, 1.54) is 0 Å². The van der Waals surface area contributed by atoms with Gasteiger partial charge in [-0.1, -0.05) is 30.3 Å². The third-order valence-corrected chi connectivity index (χ3v) is 4.57. The Kier molecular flexibility index (Phi) is 6.10. The molecular formula is C21H23N3O2. The standard InChI is InChI=1S/C21H23N3O2/c22-16-17-6-4-5-9-20(17)24-13-10-18(11-14-24)23-21(25)12-15-26-19-7-2-1-3-8-19/h1-9,18H,10-15H2,(H,23,25). The van der Waals surface area contributed by atoms with Crippen molar-refractivity contribution in [2.24, 2.45) is 0 Å². The SMILES string of the molecule is N#Cc1ccccc1N1CCC(NC(=O)CCOc2ccccc2)CC1. The molecule has 1 fully saturated rings. The molecule has 1 saturated heterocycles. The van der Waals surface area contributed by atoms with Crippen LogP contribution in [-0.2, 0) is 4.79 Å². The van der Waals surface area contributed by atoms with Crippen molar-refractivity contribution in [2.75, 3.05) is 24.6 Å². The van der Waals surface area contributed by atoms with E-state index in [0.29, 0.717) is 18.6 Å². The first-order chi connectivity index (χ1) is 12.8. The van der Waals surface area contributed by atoms with Crippen LogP contribution in [0.2, 0.25) is 0 Å². The summed E-state index contributed by atoms with van der Waals surface area (Å²) in [5.74, 6) is 0.807. The first kappa shape index (κ1) is 17.8. The zero-order valence-electron chi connectivity index (χ0n) is 14.7. The number of hydrogen-bond donors (Lipinski definition) is 1.